The van der Waals surface area contributed by atoms with Crippen LogP contribution in [0.4, 0.5) is 15.4 Å². The summed E-state index contributed by atoms with van der Waals surface area (Å²) in [6.45, 7) is 29.8. The summed E-state index contributed by atoms with van der Waals surface area (Å²) >= 11 is 0. The molecule has 63 heavy (non-hydrogen) atoms. The summed E-state index contributed by atoms with van der Waals surface area (Å²) in [6, 6.07) is 4.99. The van der Waals surface area contributed by atoms with Crippen molar-refractivity contribution >= 4 is 37.9 Å². The van der Waals surface area contributed by atoms with Gasteiger partial charge in [0.25, 0.3) is 5.56 Å². The van der Waals surface area contributed by atoms with Gasteiger partial charge in [-0.25, -0.2) is 18.9 Å². The van der Waals surface area contributed by atoms with Gasteiger partial charge in [0.15, 0.2) is 8.32 Å². The molecule has 0 saturated carbocycles. The Morgan fingerprint density at radius 1 is 0.873 bits per heavy atom. The van der Waals surface area contributed by atoms with Crippen LogP contribution in [0.2, 0.25) is 18.1 Å². The molecular weight excluding hydrogens is 825 g/mol. The summed E-state index contributed by atoms with van der Waals surface area (Å²) in [5.74, 6) is 4.95. The molecule has 3 aromatic heterocycles. The average molecular weight is 901 g/mol. The fourth-order valence-electron chi connectivity index (χ4n) is 6.24. The number of fused-ring (bicyclic) bond motifs is 1. The van der Waals surface area contributed by atoms with Gasteiger partial charge in [0.1, 0.15) is 22.7 Å². The molecule has 2 aliphatic heterocycles. The number of amides is 2. The summed E-state index contributed by atoms with van der Waals surface area (Å²) in [5.41, 5.74) is 7.35. The molecule has 5 N–H and O–H groups in total. The number of carbonyl (C=O) groups is 3. The first-order chi connectivity index (χ1) is 29.3. The van der Waals surface area contributed by atoms with Gasteiger partial charge in [-0.3, -0.25) is 19.7 Å². The summed E-state index contributed by atoms with van der Waals surface area (Å²) < 4.78 is 23.7. The van der Waals surface area contributed by atoms with Crippen LogP contribution < -0.4 is 11.3 Å². The minimum atomic E-state index is -1.99. The molecule has 0 unspecified atom stereocenters. The van der Waals surface area contributed by atoms with E-state index >= 15 is 0 Å². The fraction of sp³-hybridized carbons (Fsp3) is 0.689. The molecule has 17 nitrogen and oxygen atoms in total. The van der Waals surface area contributed by atoms with Crippen LogP contribution in [0.3, 0.4) is 0 Å². The molecule has 18 heteroatoms. The van der Waals surface area contributed by atoms with Crippen molar-refractivity contribution in [3.05, 3.63) is 45.6 Å². The van der Waals surface area contributed by atoms with Crippen molar-refractivity contribution in [1.29, 1.82) is 0 Å². The first kappa shape index (κ1) is 54.3. The average Bonchev–Trinajstić information content (AvgIpc) is 3.81. The second-order valence-electron chi connectivity index (χ2n) is 18.9. The second-order valence-corrected chi connectivity index (χ2v) is 23.7. The van der Waals surface area contributed by atoms with E-state index in [4.69, 9.17) is 29.8 Å². The van der Waals surface area contributed by atoms with Crippen molar-refractivity contribution in [2.24, 2.45) is 0 Å². The Labute approximate surface area is 375 Å². The predicted octanol–water partition coefficient (Wildman–Crippen LogP) is 8.42. The maximum atomic E-state index is 12.8. The van der Waals surface area contributed by atoms with E-state index in [0.717, 1.165) is 49.9 Å². The van der Waals surface area contributed by atoms with E-state index in [-0.39, 0.29) is 41.5 Å². The monoisotopic (exact) mass is 901 g/mol. The lowest BCUT2D eigenvalue weighted by Crippen LogP contribution is -2.42. The van der Waals surface area contributed by atoms with Crippen LogP contribution in [0.1, 0.15) is 157 Å². The van der Waals surface area contributed by atoms with Crippen molar-refractivity contribution in [3.63, 3.8) is 0 Å². The van der Waals surface area contributed by atoms with Gasteiger partial charge < -0.3 is 34.5 Å². The number of aromatic amines is 2. The van der Waals surface area contributed by atoms with Crippen LogP contribution in [-0.4, -0.2) is 104 Å². The first-order valence-corrected chi connectivity index (χ1v) is 25.0. The standard InChI is InChI=1S/C23H38N4O4Si.C13H22N4O2.C7H10O2.C2H6O/c1-22(2,3)31-21(29)26-12-10-9-11-18(26)17-14-19-24-20(28)13-16(27(19)25-17)15-30-32(7,8)23(4,5)6;1-13(2,3)19-12(18)17-7-5-4-6-10(17)9-8-11(14)16-15-9;1-3-5-6-7(8)9-4-2;1-2-3/h13-14,18H,9-12,15H2,1-8H3,(H,24,28);8,10H,4-7H2,1-3H3,(H3,14,15,16);3-4H2,1-2H3;3H,2H2,1H3/t18-;10-;;/m00../s1. The Morgan fingerprint density at radius 3 is 1.89 bits per heavy atom. The number of likely N-dealkylation sites (tertiary alicyclic amines) is 2. The van der Waals surface area contributed by atoms with Crippen molar-refractivity contribution < 1.29 is 38.1 Å². The van der Waals surface area contributed by atoms with Crippen molar-refractivity contribution in [2.75, 3.05) is 32.0 Å². The number of ether oxygens (including phenoxy) is 3. The number of hydrogen-bond donors (Lipinski definition) is 4. The SMILES string of the molecule is CC(C)(C)OC(=O)N1CCCC[C@H]1c1cc(N)n[nH]1.CC(C)(C)OC(=O)N1CCCC[C@H]1c1cc2[nH]c(=O)cc(CO[Si](C)(C)C(C)(C)C)n2n1.CCC#CC(=O)OCC.CCO. The van der Waals surface area contributed by atoms with E-state index in [2.05, 4.69) is 65.6 Å². The van der Waals surface area contributed by atoms with Crippen molar-refractivity contribution in [3.8, 4) is 11.8 Å². The van der Waals surface area contributed by atoms with E-state index < -0.39 is 25.5 Å². The van der Waals surface area contributed by atoms with E-state index in [1.807, 2.05) is 54.5 Å². The van der Waals surface area contributed by atoms with Crippen LogP contribution in [0, 0.1) is 11.8 Å². The molecule has 3 aromatic rings. The normalized spacial score (nSPS) is 16.7. The van der Waals surface area contributed by atoms with E-state index in [0.29, 0.717) is 49.9 Å². The van der Waals surface area contributed by atoms with Gasteiger partial charge in [-0.1, -0.05) is 33.6 Å². The smallest absolute Gasteiger partial charge is 0.410 e. The van der Waals surface area contributed by atoms with Gasteiger partial charge in [-0.2, -0.15) is 10.2 Å². The third kappa shape index (κ3) is 18.0. The Hall–Kier alpha value is -4.86. The van der Waals surface area contributed by atoms with Gasteiger partial charge in [0, 0.05) is 50.2 Å². The molecule has 2 saturated heterocycles. The minimum absolute atomic E-state index is 0.0200. The molecule has 0 aliphatic carbocycles. The summed E-state index contributed by atoms with van der Waals surface area (Å²) in [6.07, 6.45) is 5.84. The Morgan fingerprint density at radius 2 is 1.41 bits per heavy atom. The molecule has 0 spiro atoms. The fourth-order valence-corrected chi connectivity index (χ4v) is 7.18. The number of nitrogens with two attached hydrogens (primary N) is 1. The lowest BCUT2D eigenvalue weighted by molar-refractivity contribution is -0.136. The molecule has 354 valence electrons. The number of piperidine rings is 2. The third-order valence-electron chi connectivity index (χ3n) is 10.2. The number of rotatable bonds is 6. The van der Waals surface area contributed by atoms with Gasteiger partial charge >= 0.3 is 18.2 Å². The molecule has 0 radical (unpaired) electrons. The molecule has 2 fully saturated rings. The van der Waals surface area contributed by atoms with Crippen LogP contribution in [0.5, 0.6) is 0 Å². The molecule has 2 atom stereocenters. The number of anilines is 1. The number of hydrogen-bond acceptors (Lipinski definition) is 12. The molecule has 0 aromatic carbocycles. The Bertz CT molecular complexity index is 2030. The maximum Gasteiger partial charge on any atom is 0.410 e. The Kier molecular flexibility index (Phi) is 20.9. The topological polar surface area (TPSA) is 220 Å². The van der Waals surface area contributed by atoms with Crippen molar-refractivity contribution in [1.82, 2.24) is 34.6 Å². The number of esters is 1. The zero-order valence-corrected chi connectivity index (χ0v) is 41.4. The van der Waals surface area contributed by atoms with E-state index in [1.54, 1.807) is 40.3 Å². The van der Waals surface area contributed by atoms with Crippen LogP contribution >= 0.6 is 0 Å². The van der Waals surface area contributed by atoms with E-state index in [9.17, 15) is 19.2 Å². The van der Waals surface area contributed by atoms with Gasteiger partial charge in [0.2, 0.25) is 0 Å². The highest BCUT2D eigenvalue weighted by molar-refractivity contribution is 6.74. The predicted molar refractivity (Wildman–Crippen MR) is 247 cm³/mol. The molecule has 5 rings (SSSR count). The number of nitrogens with one attached hydrogen (secondary N) is 2. The van der Waals surface area contributed by atoms with Gasteiger partial charge in [0.05, 0.1) is 42.4 Å². The Balaban J connectivity index is 0.000000370. The maximum absolute atomic E-state index is 12.8. The highest BCUT2D eigenvalue weighted by Crippen LogP contribution is 2.37. The van der Waals surface area contributed by atoms with Gasteiger partial charge in [-0.15, -0.1) is 0 Å². The molecule has 5 heterocycles. The number of nitrogen functional groups attached to an aromatic ring is 1. The zero-order valence-electron chi connectivity index (χ0n) is 40.4. The van der Waals surface area contributed by atoms with Gasteiger partial charge in [-0.05, 0) is 112 Å². The third-order valence-corrected chi connectivity index (χ3v) is 14.6. The molecular formula is C45H76N8O9Si. The number of nitrogens with zero attached hydrogens (tertiary/aromatic N) is 5. The minimum Gasteiger partial charge on any atom is -0.456 e. The summed E-state index contributed by atoms with van der Waals surface area (Å²) in [4.78, 5) is 54.2. The molecule has 0 bridgehead atoms. The number of aromatic nitrogens is 5. The molecule has 2 amide bonds. The quantitative estimate of drug-likeness (QED) is 0.0602. The second kappa shape index (κ2) is 24.3. The largest absolute Gasteiger partial charge is 0.456 e. The number of aliphatic hydroxyl groups excluding tert-OH is 1. The lowest BCUT2D eigenvalue weighted by Gasteiger charge is -2.36. The number of aliphatic hydroxyl groups is 1. The first-order valence-electron chi connectivity index (χ1n) is 22.1. The highest BCUT2D eigenvalue weighted by atomic mass is 28.4. The van der Waals surface area contributed by atoms with Crippen molar-refractivity contribution in [2.45, 2.75) is 176 Å². The number of carbonyl (C=O) groups excluding carboxylic acids is 3. The van der Waals surface area contributed by atoms with Crippen LogP contribution in [-0.2, 0) is 30.0 Å². The summed E-state index contributed by atoms with van der Waals surface area (Å²) in [5, 5.41) is 19.3. The van der Waals surface area contributed by atoms with Crippen LogP contribution in [0.25, 0.3) is 5.65 Å². The zero-order chi connectivity index (χ0) is 47.8. The number of H-pyrrole nitrogens is 2. The lowest BCUT2D eigenvalue weighted by atomic mass is 10.00. The van der Waals surface area contributed by atoms with E-state index in [1.165, 1.54) is 0 Å². The molecule has 2 aliphatic rings. The highest BCUT2D eigenvalue weighted by Gasteiger charge is 2.38. The summed E-state index contributed by atoms with van der Waals surface area (Å²) in [7, 11) is -1.99. The van der Waals surface area contributed by atoms with Crippen LogP contribution in [0.15, 0.2) is 23.0 Å².